The summed E-state index contributed by atoms with van der Waals surface area (Å²) in [6.07, 6.45) is 11.0. The number of hydrogen-bond acceptors (Lipinski definition) is 3. The molecule has 2 atom stereocenters. The highest BCUT2D eigenvalue weighted by Gasteiger charge is 2.44. The second kappa shape index (κ2) is 5.39. The van der Waals surface area contributed by atoms with Crippen LogP contribution in [-0.4, -0.2) is 37.7 Å². The standard InChI is InChI=1S/C16H17ClN4O/c17-12-9-19-20(10-12)15-7-13-1-2-14(8-15)21(13)16(22)11-3-5-18-6-4-11/h3-6,9-10,13-15H,1-2,7-8H2. The van der Waals surface area contributed by atoms with Crippen molar-refractivity contribution in [1.82, 2.24) is 19.7 Å². The van der Waals surface area contributed by atoms with Gasteiger partial charge in [-0.05, 0) is 37.8 Å². The number of carbonyl (C=O) groups excluding carboxylic acids is 1. The van der Waals surface area contributed by atoms with E-state index in [0.29, 0.717) is 23.1 Å². The zero-order valence-electron chi connectivity index (χ0n) is 12.1. The molecule has 22 heavy (non-hydrogen) atoms. The van der Waals surface area contributed by atoms with Crippen LogP contribution < -0.4 is 0 Å². The van der Waals surface area contributed by atoms with Crippen LogP contribution in [-0.2, 0) is 0 Å². The van der Waals surface area contributed by atoms with Gasteiger partial charge >= 0.3 is 0 Å². The van der Waals surface area contributed by atoms with Crippen LogP contribution in [0.1, 0.15) is 42.1 Å². The van der Waals surface area contributed by atoms with Crippen molar-refractivity contribution in [2.24, 2.45) is 0 Å². The average molecular weight is 317 g/mol. The minimum Gasteiger partial charge on any atom is -0.333 e. The summed E-state index contributed by atoms with van der Waals surface area (Å²) in [4.78, 5) is 18.8. The van der Waals surface area contributed by atoms with E-state index in [1.165, 1.54) is 0 Å². The minimum absolute atomic E-state index is 0.131. The van der Waals surface area contributed by atoms with Crippen molar-refractivity contribution in [3.8, 4) is 0 Å². The predicted octanol–water partition coefficient (Wildman–Crippen LogP) is 2.94. The van der Waals surface area contributed by atoms with Crippen LogP contribution in [0, 0.1) is 0 Å². The molecule has 2 aromatic heterocycles. The molecule has 2 aliphatic rings. The van der Waals surface area contributed by atoms with Gasteiger partial charge in [-0.3, -0.25) is 14.5 Å². The third-order valence-corrected chi connectivity index (χ3v) is 5.01. The highest BCUT2D eigenvalue weighted by atomic mass is 35.5. The van der Waals surface area contributed by atoms with E-state index in [1.54, 1.807) is 30.7 Å². The third-order valence-electron chi connectivity index (χ3n) is 4.81. The molecule has 0 aliphatic carbocycles. The summed E-state index contributed by atoms with van der Waals surface area (Å²) < 4.78 is 1.96. The van der Waals surface area contributed by atoms with Gasteiger partial charge in [0.15, 0.2) is 0 Å². The van der Waals surface area contributed by atoms with Crippen LogP contribution in [0.25, 0.3) is 0 Å². The smallest absolute Gasteiger partial charge is 0.254 e. The number of amides is 1. The molecule has 5 nitrogen and oxygen atoms in total. The lowest BCUT2D eigenvalue weighted by Gasteiger charge is -2.39. The molecule has 4 heterocycles. The van der Waals surface area contributed by atoms with Gasteiger partial charge in [-0.15, -0.1) is 0 Å². The molecule has 2 unspecified atom stereocenters. The number of halogens is 1. The van der Waals surface area contributed by atoms with Crippen LogP contribution in [0.3, 0.4) is 0 Å². The van der Waals surface area contributed by atoms with Crippen LogP contribution in [0.2, 0.25) is 5.02 Å². The Morgan fingerprint density at radius 2 is 1.82 bits per heavy atom. The van der Waals surface area contributed by atoms with Crippen LogP contribution in [0.5, 0.6) is 0 Å². The first-order valence-electron chi connectivity index (χ1n) is 7.64. The Kier molecular flexibility index (Phi) is 3.37. The van der Waals surface area contributed by atoms with E-state index in [1.807, 2.05) is 10.9 Å². The molecule has 2 saturated heterocycles. The van der Waals surface area contributed by atoms with E-state index in [4.69, 9.17) is 11.6 Å². The second-order valence-corrected chi connectivity index (χ2v) is 6.53. The van der Waals surface area contributed by atoms with Gasteiger partial charge in [-0.25, -0.2) is 0 Å². The van der Waals surface area contributed by atoms with E-state index in [0.717, 1.165) is 31.2 Å². The number of pyridine rings is 1. The number of rotatable bonds is 2. The number of aromatic nitrogens is 3. The Balaban J connectivity index is 1.55. The van der Waals surface area contributed by atoms with Gasteiger partial charge in [0.05, 0.1) is 17.3 Å². The van der Waals surface area contributed by atoms with Gasteiger partial charge in [0.1, 0.15) is 0 Å². The third kappa shape index (κ3) is 2.29. The van der Waals surface area contributed by atoms with Crippen molar-refractivity contribution in [1.29, 1.82) is 0 Å². The van der Waals surface area contributed by atoms with Crippen LogP contribution in [0.15, 0.2) is 36.9 Å². The maximum atomic E-state index is 12.8. The number of piperidine rings is 1. The van der Waals surface area contributed by atoms with Gasteiger partial charge in [0.25, 0.3) is 5.91 Å². The lowest BCUT2D eigenvalue weighted by molar-refractivity contribution is 0.0524. The summed E-state index contributed by atoms with van der Waals surface area (Å²) >= 11 is 5.97. The normalized spacial score (nSPS) is 27.1. The molecule has 6 heteroatoms. The molecule has 1 amide bonds. The molecule has 0 aromatic carbocycles. The fourth-order valence-electron chi connectivity index (χ4n) is 3.85. The van der Waals surface area contributed by atoms with Crippen molar-refractivity contribution in [3.63, 3.8) is 0 Å². The van der Waals surface area contributed by atoms with Gasteiger partial charge < -0.3 is 4.90 Å². The van der Waals surface area contributed by atoms with Crippen LogP contribution in [0.4, 0.5) is 0 Å². The molecule has 2 aromatic rings. The van der Waals surface area contributed by atoms with E-state index in [9.17, 15) is 4.79 Å². The summed E-state index contributed by atoms with van der Waals surface area (Å²) in [5, 5.41) is 5.01. The maximum absolute atomic E-state index is 12.8. The van der Waals surface area contributed by atoms with Crippen molar-refractivity contribution in [2.75, 3.05) is 0 Å². The average Bonchev–Trinajstić information content (AvgIpc) is 3.09. The number of nitrogens with zero attached hydrogens (tertiary/aromatic N) is 4. The molecular formula is C16H17ClN4O. The largest absolute Gasteiger partial charge is 0.333 e. The van der Waals surface area contributed by atoms with Gasteiger partial charge in [0, 0.05) is 36.2 Å². The van der Waals surface area contributed by atoms with Gasteiger partial charge in [-0.2, -0.15) is 5.10 Å². The Labute approximate surface area is 133 Å². The molecule has 114 valence electrons. The fourth-order valence-corrected chi connectivity index (χ4v) is 4.00. The zero-order chi connectivity index (χ0) is 15.1. The summed E-state index contributed by atoms with van der Waals surface area (Å²) in [6.45, 7) is 0. The van der Waals surface area contributed by atoms with Crippen LogP contribution >= 0.6 is 11.6 Å². The number of fused-ring (bicyclic) bond motifs is 2. The lowest BCUT2D eigenvalue weighted by Crippen LogP contribution is -2.47. The zero-order valence-corrected chi connectivity index (χ0v) is 12.9. The summed E-state index contributed by atoms with van der Waals surface area (Å²) in [7, 11) is 0. The molecule has 0 saturated carbocycles. The summed E-state index contributed by atoms with van der Waals surface area (Å²) in [5.41, 5.74) is 0.729. The van der Waals surface area contributed by atoms with Gasteiger partial charge in [0.2, 0.25) is 0 Å². The highest BCUT2D eigenvalue weighted by molar-refractivity contribution is 6.30. The SMILES string of the molecule is O=C(c1ccncc1)N1C2CCC1CC(n1cc(Cl)cn1)C2. The van der Waals surface area contributed by atoms with Crippen molar-refractivity contribution in [2.45, 2.75) is 43.8 Å². The van der Waals surface area contributed by atoms with Crippen molar-refractivity contribution in [3.05, 3.63) is 47.5 Å². The quantitative estimate of drug-likeness (QED) is 0.856. The second-order valence-electron chi connectivity index (χ2n) is 6.10. The molecule has 0 N–H and O–H groups in total. The predicted molar refractivity (Wildman–Crippen MR) is 82.7 cm³/mol. The molecule has 2 bridgehead atoms. The molecule has 0 spiro atoms. The van der Waals surface area contributed by atoms with Crippen molar-refractivity contribution < 1.29 is 4.79 Å². The van der Waals surface area contributed by atoms with E-state index >= 15 is 0 Å². The molecular weight excluding hydrogens is 300 g/mol. The maximum Gasteiger partial charge on any atom is 0.254 e. The summed E-state index contributed by atoms with van der Waals surface area (Å²) in [6, 6.07) is 4.52. The highest BCUT2D eigenvalue weighted by Crippen LogP contribution is 2.41. The first kappa shape index (κ1) is 13.8. The molecule has 2 aliphatic heterocycles. The molecule has 0 radical (unpaired) electrons. The Hall–Kier alpha value is -1.88. The Bertz CT molecular complexity index is 672. The molecule has 4 rings (SSSR count). The number of hydrogen-bond donors (Lipinski definition) is 0. The van der Waals surface area contributed by atoms with E-state index < -0.39 is 0 Å². The Morgan fingerprint density at radius 3 is 2.41 bits per heavy atom. The topological polar surface area (TPSA) is 51.0 Å². The first-order chi connectivity index (χ1) is 10.7. The van der Waals surface area contributed by atoms with E-state index in [-0.39, 0.29) is 5.91 Å². The first-order valence-corrected chi connectivity index (χ1v) is 8.02. The van der Waals surface area contributed by atoms with E-state index in [2.05, 4.69) is 15.0 Å². The lowest BCUT2D eigenvalue weighted by atomic mass is 9.96. The van der Waals surface area contributed by atoms with Gasteiger partial charge in [-0.1, -0.05) is 11.6 Å². The minimum atomic E-state index is 0.131. The summed E-state index contributed by atoms with van der Waals surface area (Å²) in [5.74, 6) is 0.131. The number of carbonyl (C=O) groups is 1. The van der Waals surface area contributed by atoms with Crippen molar-refractivity contribution >= 4 is 17.5 Å². The molecule has 2 fully saturated rings. The fraction of sp³-hybridized carbons (Fsp3) is 0.438. The monoisotopic (exact) mass is 316 g/mol. The Morgan fingerprint density at radius 1 is 1.14 bits per heavy atom.